The molecule has 0 saturated heterocycles. The fourth-order valence-electron chi connectivity index (χ4n) is 2.06. The van der Waals surface area contributed by atoms with Gasteiger partial charge in [-0.3, -0.25) is 9.00 Å². The number of hydrogen-bond acceptors (Lipinski definition) is 2. The highest BCUT2D eigenvalue weighted by Crippen LogP contribution is 2.22. The first-order valence-electron chi connectivity index (χ1n) is 5.44. The van der Waals surface area contributed by atoms with Crippen LogP contribution in [0, 0.1) is 0 Å². The molecule has 1 unspecified atom stereocenters. The number of nitrogens with zero attached hydrogens (tertiary/aromatic N) is 1. The zero-order chi connectivity index (χ0) is 11.8. The van der Waals surface area contributed by atoms with E-state index in [1.54, 1.807) is 10.6 Å². The van der Waals surface area contributed by atoms with Crippen LogP contribution >= 0.6 is 0 Å². The summed E-state index contributed by atoms with van der Waals surface area (Å²) < 4.78 is 13.4. The molecule has 1 aromatic heterocycles. The highest BCUT2D eigenvalue weighted by atomic mass is 32.2. The smallest absolute Gasteiger partial charge is 0.252 e. The molecule has 1 aromatic carbocycles. The van der Waals surface area contributed by atoms with Crippen molar-refractivity contribution >= 4 is 10.8 Å². The van der Waals surface area contributed by atoms with E-state index < -0.39 is 10.8 Å². The Hall–Kier alpha value is -1.68. The topological polar surface area (TPSA) is 39.1 Å². The molecule has 0 radical (unpaired) electrons. The van der Waals surface area contributed by atoms with E-state index in [-0.39, 0.29) is 5.56 Å². The molecular weight excluding hydrogens is 234 g/mol. The van der Waals surface area contributed by atoms with E-state index in [0.717, 1.165) is 11.1 Å². The number of fused-ring (bicyclic) bond motifs is 1. The molecule has 4 heteroatoms. The van der Waals surface area contributed by atoms with Crippen molar-refractivity contribution in [2.45, 2.75) is 11.6 Å². The maximum absolute atomic E-state index is 11.9. The van der Waals surface area contributed by atoms with Gasteiger partial charge in [0.05, 0.1) is 10.8 Å². The molecule has 86 valence electrons. The van der Waals surface area contributed by atoms with Gasteiger partial charge in [0.2, 0.25) is 0 Å². The van der Waals surface area contributed by atoms with Crippen LogP contribution in [-0.2, 0) is 17.3 Å². The molecule has 0 N–H and O–H groups in total. The maximum Gasteiger partial charge on any atom is 0.252 e. The molecule has 2 aromatic rings. The minimum absolute atomic E-state index is 0.0628. The van der Waals surface area contributed by atoms with Gasteiger partial charge in [-0.05, 0) is 17.2 Å². The number of rotatable bonds is 1. The van der Waals surface area contributed by atoms with Crippen molar-refractivity contribution in [3.05, 3.63) is 52.8 Å². The second kappa shape index (κ2) is 3.96. The Bertz CT molecular complexity index is 646. The van der Waals surface area contributed by atoms with Gasteiger partial charge in [-0.15, -0.1) is 0 Å². The molecule has 0 amide bonds. The molecule has 1 atom stereocenters. The molecule has 0 bridgehead atoms. The Labute approximate surface area is 101 Å². The first-order valence-corrected chi connectivity index (χ1v) is 6.76. The van der Waals surface area contributed by atoms with Crippen LogP contribution < -0.4 is 5.56 Å². The van der Waals surface area contributed by atoms with Crippen molar-refractivity contribution in [1.29, 1.82) is 0 Å². The Morgan fingerprint density at radius 3 is 2.59 bits per heavy atom. The summed E-state index contributed by atoms with van der Waals surface area (Å²) in [5.41, 5.74) is 1.77. The van der Waals surface area contributed by atoms with Gasteiger partial charge in [0, 0.05) is 18.4 Å². The lowest BCUT2D eigenvalue weighted by atomic mass is 10.1. The third-order valence-corrected chi connectivity index (χ3v) is 4.29. The molecule has 17 heavy (non-hydrogen) atoms. The fraction of sp³-hybridized carbons (Fsp3) is 0.154. The molecule has 3 rings (SSSR count). The van der Waals surface area contributed by atoms with Crippen molar-refractivity contribution in [3.8, 4) is 11.1 Å². The number of pyridine rings is 1. The van der Waals surface area contributed by atoms with Gasteiger partial charge in [0.25, 0.3) is 5.56 Å². The normalized spacial score (nSPS) is 18.0. The number of aromatic nitrogens is 1. The summed E-state index contributed by atoms with van der Waals surface area (Å²) in [6.07, 6.45) is 0. The predicted molar refractivity (Wildman–Crippen MR) is 67.4 cm³/mol. The van der Waals surface area contributed by atoms with Crippen molar-refractivity contribution < 1.29 is 4.21 Å². The molecule has 1 aliphatic heterocycles. The molecule has 2 heterocycles. The summed E-state index contributed by atoms with van der Waals surface area (Å²) in [6, 6.07) is 13.2. The maximum atomic E-state index is 11.9. The standard InChI is InChI=1S/C13H11NO2S/c15-12-8-11(10-4-2-1-3-5-10)9-13-14(12)6-7-17(13)16/h1-5,8-9H,6-7H2. The largest absolute Gasteiger partial charge is 0.300 e. The van der Waals surface area contributed by atoms with Gasteiger partial charge in [-0.2, -0.15) is 0 Å². The van der Waals surface area contributed by atoms with Crippen LogP contribution in [0.3, 0.4) is 0 Å². The van der Waals surface area contributed by atoms with Gasteiger partial charge in [0.1, 0.15) is 5.03 Å². The molecule has 0 saturated carbocycles. The quantitative estimate of drug-likeness (QED) is 0.766. The fourth-order valence-corrected chi connectivity index (χ4v) is 3.30. The summed E-state index contributed by atoms with van der Waals surface area (Å²) in [7, 11) is -1.03. The second-order valence-corrected chi connectivity index (χ2v) is 5.51. The van der Waals surface area contributed by atoms with E-state index in [9.17, 15) is 9.00 Å². The third kappa shape index (κ3) is 1.74. The third-order valence-electron chi connectivity index (χ3n) is 2.93. The number of benzene rings is 1. The zero-order valence-corrected chi connectivity index (χ0v) is 9.94. The van der Waals surface area contributed by atoms with Crippen molar-refractivity contribution in [3.63, 3.8) is 0 Å². The molecule has 1 aliphatic rings. The molecule has 3 nitrogen and oxygen atoms in total. The SMILES string of the molecule is O=c1cc(-c2ccccc2)cc2n1CCS2=O. The summed E-state index contributed by atoms with van der Waals surface area (Å²) in [4.78, 5) is 11.9. The van der Waals surface area contributed by atoms with Gasteiger partial charge in [0.15, 0.2) is 0 Å². The highest BCUT2D eigenvalue weighted by molar-refractivity contribution is 7.85. The van der Waals surface area contributed by atoms with E-state index in [0.29, 0.717) is 17.3 Å². The van der Waals surface area contributed by atoms with Crippen LogP contribution in [0.2, 0.25) is 0 Å². The van der Waals surface area contributed by atoms with Crippen LogP contribution in [0.5, 0.6) is 0 Å². The Kier molecular flexibility index (Phi) is 2.44. The lowest BCUT2D eigenvalue weighted by molar-refractivity contribution is 0.679. The Morgan fingerprint density at radius 2 is 1.82 bits per heavy atom. The number of hydrogen-bond donors (Lipinski definition) is 0. The van der Waals surface area contributed by atoms with Gasteiger partial charge in [-0.1, -0.05) is 30.3 Å². The summed E-state index contributed by atoms with van der Waals surface area (Å²) in [5.74, 6) is 0.549. The summed E-state index contributed by atoms with van der Waals surface area (Å²) >= 11 is 0. The highest BCUT2D eigenvalue weighted by Gasteiger charge is 2.19. The summed E-state index contributed by atoms with van der Waals surface area (Å²) in [5, 5.41) is 0.649. The van der Waals surface area contributed by atoms with Gasteiger partial charge in [-0.25, -0.2) is 0 Å². The Morgan fingerprint density at radius 1 is 1.06 bits per heavy atom. The summed E-state index contributed by atoms with van der Waals surface area (Å²) in [6.45, 7) is 0.565. The Balaban J connectivity index is 2.22. The zero-order valence-electron chi connectivity index (χ0n) is 9.13. The lowest BCUT2D eigenvalue weighted by Gasteiger charge is -2.05. The molecule has 0 aliphatic carbocycles. The van der Waals surface area contributed by atoms with Crippen LogP contribution in [-0.4, -0.2) is 14.5 Å². The first-order chi connectivity index (χ1) is 8.25. The van der Waals surface area contributed by atoms with Crippen molar-refractivity contribution in [2.24, 2.45) is 0 Å². The van der Waals surface area contributed by atoms with Crippen LogP contribution in [0.15, 0.2) is 52.3 Å². The van der Waals surface area contributed by atoms with Crippen LogP contribution in [0.25, 0.3) is 11.1 Å². The molecule has 0 fully saturated rings. The first kappa shape index (κ1) is 10.5. The molecular formula is C13H11NO2S. The minimum Gasteiger partial charge on any atom is -0.300 e. The van der Waals surface area contributed by atoms with Crippen LogP contribution in [0.1, 0.15) is 0 Å². The van der Waals surface area contributed by atoms with Crippen molar-refractivity contribution in [1.82, 2.24) is 4.57 Å². The van der Waals surface area contributed by atoms with Crippen molar-refractivity contribution in [2.75, 3.05) is 5.75 Å². The lowest BCUT2D eigenvalue weighted by Crippen LogP contribution is -2.18. The van der Waals surface area contributed by atoms with E-state index in [2.05, 4.69) is 0 Å². The predicted octanol–water partition coefficient (Wildman–Crippen LogP) is 1.64. The van der Waals surface area contributed by atoms with E-state index >= 15 is 0 Å². The minimum atomic E-state index is -1.03. The average Bonchev–Trinajstić information content (AvgIpc) is 2.73. The van der Waals surface area contributed by atoms with E-state index in [1.165, 1.54) is 0 Å². The van der Waals surface area contributed by atoms with Gasteiger partial charge < -0.3 is 4.57 Å². The van der Waals surface area contributed by atoms with Crippen LogP contribution in [0.4, 0.5) is 0 Å². The second-order valence-electron chi connectivity index (χ2n) is 3.99. The van der Waals surface area contributed by atoms with Gasteiger partial charge >= 0.3 is 0 Å². The monoisotopic (exact) mass is 245 g/mol. The van der Waals surface area contributed by atoms with E-state index in [4.69, 9.17) is 0 Å². The van der Waals surface area contributed by atoms with E-state index in [1.807, 2.05) is 36.4 Å². The molecule has 0 spiro atoms. The average molecular weight is 245 g/mol.